The van der Waals surface area contributed by atoms with Gasteiger partial charge in [0.15, 0.2) is 0 Å². The zero-order valence-corrected chi connectivity index (χ0v) is 11.7. The number of ether oxygens (including phenoxy) is 2. The summed E-state index contributed by atoms with van der Waals surface area (Å²) in [4.78, 5) is 0. The summed E-state index contributed by atoms with van der Waals surface area (Å²) in [7, 11) is 0. The summed E-state index contributed by atoms with van der Waals surface area (Å²) in [5, 5.41) is 0. The standard InChI is InChI=1S/C16H26O2/c1-3-5-10-15(9-4-2)17-13-14-18-16-11-7-6-8-12-16/h6-8,11-12,15H,3-5,9-10,13-14H2,1-2H3. The predicted molar refractivity (Wildman–Crippen MR) is 76.1 cm³/mol. The Balaban J connectivity index is 2.14. The average molecular weight is 250 g/mol. The maximum Gasteiger partial charge on any atom is 0.119 e. The minimum absolute atomic E-state index is 0.411. The first kappa shape index (κ1) is 15.0. The van der Waals surface area contributed by atoms with E-state index in [1.807, 2.05) is 30.3 Å². The van der Waals surface area contributed by atoms with E-state index in [9.17, 15) is 0 Å². The fourth-order valence-electron chi connectivity index (χ4n) is 1.96. The maximum atomic E-state index is 5.88. The molecule has 102 valence electrons. The van der Waals surface area contributed by atoms with Gasteiger partial charge >= 0.3 is 0 Å². The van der Waals surface area contributed by atoms with Crippen molar-refractivity contribution < 1.29 is 9.47 Å². The number of para-hydroxylation sites is 1. The van der Waals surface area contributed by atoms with E-state index in [-0.39, 0.29) is 0 Å². The van der Waals surface area contributed by atoms with Gasteiger partial charge in [0.05, 0.1) is 12.7 Å². The molecule has 0 aliphatic rings. The Morgan fingerprint density at radius 1 is 0.944 bits per heavy atom. The molecule has 0 saturated heterocycles. The molecule has 2 nitrogen and oxygen atoms in total. The van der Waals surface area contributed by atoms with Crippen LogP contribution in [0.3, 0.4) is 0 Å². The lowest BCUT2D eigenvalue weighted by molar-refractivity contribution is 0.0225. The fraction of sp³-hybridized carbons (Fsp3) is 0.625. The number of hydrogen-bond acceptors (Lipinski definition) is 2. The van der Waals surface area contributed by atoms with Gasteiger partial charge in [-0.25, -0.2) is 0 Å². The molecule has 0 aliphatic heterocycles. The van der Waals surface area contributed by atoms with Crippen LogP contribution < -0.4 is 4.74 Å². The van der Waals surface area contributed by atoms with Crippen LogP contribution in [0, 0.1) is 0 Å². The Hall–Kier alpha value is -1.02. The van der Waals surface area contributed by atoms with Gasteiger partial charge in [-0.05, 0) is 25.0 Å². The molecule has 0 radical (unpaired) electrons. The lowest BCUT2D eigenvalue weighted by Gasteiger charge is -2.17. The van der Waals surface area contributed by atoms with Crippen LogP contribution in [-0.2, 0) is 4.74 Å². The molecule has 0 bridgehead atoms. The van der Waals surface area contributed by atoms with Crippen LogP contribution in [0.4, 0.5) is 0 Å². The predicted octanol–water partition coefficient (Wildman–Crippen LogP) is 4.44. The molecule has 18 heavy (non-hydrogen) atoms. The third kappa shape index (κ3) is 6.65. The molecule has 0 amide bonds. The van der Waals surface area contributed by atoms with Crippen molar-refractivity contribution in [1.29, 1.82) is 0 Å². The normalized spacial score (nSPS) is 12.3. The van der Waals surface area contributed by atoms with E-state index in [1.165, 1.54) is 25.7 Å². The summed E-state index contributed by atoms with van der Waals surface area (Å²) in [5.41, 5.74) is 0. The highest BCUT2D eigenvalue weighted by Gasteiger charge is 2.07. The van der Waals surface area contributed by atoms with Crippen LogP contribution in [0.5, 0.6) is 5.75 Å². The van der Waals surface area contributed by atoms with Crippen molar-refractivity contribution in [3.63, 3.8) is 0 Å². The number of unbranched alkanes of at least 4 members (excludes halogenated alkanes) is 1. The van der Waals surface area contributed by atoms with Crippen molar-refractivity contribution in [3.8, 4) is 5.75 Å². The molecular formula is C16H26O2. The zero-order valence-electron chi connectivity index (χ0n) is 11.7. The van der Waals surface area contributed by atoms with Gasteiger partial charge < -0.3 is 9.47 Å². The summed E-state index contributed by atoms with van der Waals surface area (Å²) in [6, 6.07) is 9.90. The zero-order chi connectivity index (χ0) is 13.1. The van der Waals surface area contributed by atoms with Crippen molar-refractivity contribution in [2.75, 3.05) is 13.2 Å². The highest BCUT2D eigenvalue weighted by Crippen LogP contribution is 2.12. The monoisotopic (exact) mass is 250 g/mol. The second-order valence-electron chi connectivity index (χ2n) is 4.59. The van der Waals surface area contributed by atoms with Gasteiger partial charge in [-0.2, -0.15) is 0 Å². The molecule has 0 aromatic heterocycles. The highest BCUT2D eigenvalue weighted by atomic mass is 16.5. The molecule has 1 aromatic carbocycles. The van der Waals surface area contributed by atoms with E-state index in [2.05, 4.69) is 13.8 Å². The molecular weight excluding hydrogens is 224 g/mol. The molecule has 0 fully saturated rings. The van der Waals surface area contributed by atoms with E-state index in [0.29, 0.717) is 19.3 Å². The van der Waals surface area contributed by atoms with Gasteiger partial charge in [0.1, 0.15) is 12.4 Å². The second kappa shape index (κ2) is 9.95. The molecule has 0 saturated carbocycles. The van der Waals surface area contributed by atoms with Crippen LogP contribution in [-0.4, -0.2) is 19.3 Å². The van der Waals surface area contributed by atoms with Gasteiger partial charge in [0, 0.05) is 0 Å². The molecule has 1 rings (SSSR count). The Kier molecular flexibility index (Phi) is 8.32. The van der Waals surface area contributed by atoms with E-state index in [0.717, 1.165) is 12.2 Å². The minimum Gasteiger partial charge on any atom is -0.491 e. The van der Waals surface area contributed by atoms with Crippen molar-refractivity contribution in [1.82, 2.24) is 0 Å². The van der Waals surface area contributed by atoms with Gasteiger partial charge in [0.2, 0.25) is 0 Å². The van der Waals surface area contributed by atoms with Crippen molar-refractivity contribution >= 4 is 0 Å². The molecule has 0 N–H and O–H groups in total. The first-order valence-corrected chi connectivity index (χ1v) is 7.16. The molecule has 0 spiro atoms. The molecule has 0 heterocycles. The van der Waals surface area contributed by atoms with Crippen molar-refractivity contribution in [2.24, 2.45) is 0 Å². The van der Waals surface area contributed by atoms with Crippen LogP contribution >= 0.6 is 0 Å². The highest BCUT2D eigenvalue weighted by molar-refractivity contribution is 5.20. The summed E-state index contributed by atoms with van der Waals surface area (Å²) >= 11 is 0. The SMILES string of the molecule is CCCCC(CCC)OCCOc1ccccc1. The first-order chi connectivity index (χ1) is 8.86. The van der Waals surface area contributed by atoms with E-state index >= 15 is 0 Å². The summed E-state index contributed by atoms with van der Waals surface area (Å²) in [6.07, 6.45) is 6.43. The van der Waals surface area contributed by atoms with Crippen molar-refractivity contribution in [2.45, 2.75) is 52.1 Å². The molecule has 1 aromatic rings. The topological polar surface area (TPSA) is 18.5 Å². The van der Waals surface area contributed by atoms with Gasteiger partial charge in [0.25, 0.3) is 0 Å². The third-order valence-corrected chi connectivity index (χ3v) is 2.94. The quantitative estimate of drug-likeness (QED) is 0.571. The van der Waals surface area contributed by atoms with E-state index in [4.69, 9.17) is 9.47 Å². The smallest absolute Gasteiger partial charge is 0.119 e. The Labute approximate surface area is 111 Å². The van der Waals surface area contributed by atoms with Gasteiger partial charge in [-0.1, -0.05) is 51.3 Å². The molecule has 0 aliphatic carbocycles. The van der Waals surface area contributed by atoms with Crippen molar-refractivity contribution in [3.05, 3.63) is 30.3 Å². The molecule has 1 unspecified atom stereocenters. The third-order valence-electron chi connectivity index (χ3n) is 2.94. The number of benzene rings is 1. The van der Waals surface area contributed by atoms with Crippen LogP contribution in [0.25, 0.3) is 0 Å². The summed E-state index contributed by atoms with van der Waals surface area (Å²) in [6.45, 7) is 5.75. The van der Waals surface area contributed by atoms with Crippen LogP contribution in [0.15, 0.2) is 30.3 Å². The van der Waals surface area contributed by atoms with Crippen LogP contribution in [0.2, 0.25) is 0 Å². The lowest BCUT2D eigenvalue weighted by Crippen LogP contribution is -2.17. The Bertz CT molecular complexity index is 284. The molecule has 2 heteroatoms. The second-order valence-corrected chi connectivity index (χ2v) is 4.59. The lowest BCUT2D eigenvalue weighted by atomic mass is 10.1. The fourth-order valence-corrected chi connectivity index (χ4v) is 1.96. The largest absolute Gasteiger partial charge is 0.491 e. The summed E-state index contributed by atoms with van der Waals surface area (Å²) < 4.78 is 11.5. The number of rotatable bonds is 10. The van der Waals surface area contributed by atoms with E-state index in [1.54, 1.807) is 0 Å². The Morgan fingerprint density at radius 2 is 1.72 bits per heavy atom. The average Bonchev–Trinajstić information content (AvgIpc) is 2.42. The molecule has 1 atom stereocenters. The van der Waals surface area contributed by atoms with Crippen LogP contribution in [0.1, 0.15) is 46.0 Å². The first-order valence-electron chi connectivity index (χ1n) is 7.16. The number of hydrogen-bond donors (Lipinski definition) is 0. The van der Waals surface area contributed by atoms with Gasteiger partial charge in [-0.3, -0.25) is 0 Å². The van der Waals surface area contributed by atoms with Gasteiger partial charge in [-0.15, -0.1) is 0 Å². The minimum atomic E-state index is 0.411. The maximum absolute atomic E-state index is 5.88. The van der Waals surface area contributed by atoms with E-state index < -0.39 is 0 Å². The summed E-state index contributed by atoms with van der Waals surface area (Å²) in [5.74, 6) is 0.918. The Morgan fingerprint density at radius 3 is 2.39 bits per heavy atom.